The number of carbonyl (C=O) groups is 6. The van der Waals surface area contributed by atoms with Crippen LogP contribution in [-0.4, -0.2) is 154 Å². The molecule has 0 aliphatic rings. The van der Waals surface area contributed by atoms with Crippen molar-refractivity contribution in [2.45, 2.75) is 465 Å². The van der Waals surface area contributed by atoms with Crippen molar-refractivity contribution in [3.8, 4) is 0 Å². The molecule has 644 valence electrons. The number of amides is 6. The molecule has 0 unspecified atom stereocenters. The molecule has 0 spiro atoms. The first-order valence-electron chi connectivity index (χ1n) is 47.8. The Labute approximate surface area is 674 Å². The molecule has 16 heteroatoms. The third-order valence-corrected chi connectivity index (χ3v) is 22.0. The lowest BCUT2D eigenvalue weighted by molar-refractivity contribution is -0.121. The average molecular weight is 1540 g/mol. The molecule has 0 bridgehead atoms. The summed E-state index contributed by atoms with van der Waals surface area (Å²) in [5.74, 6) is -0.433. The smallest absolute Gasteiger partial charge is 0.409 e. The van der Waals surface area contributed by atoms with Gasteiger partial charge in [-0.3, -0.25) is 14.4 Å². The van der Waals surface area contributed by atoms with Crippen LogP contribution in [0.5, 0.6) is 0 Å². The number of hydrogen-bond acceptors (Lipinski definition) is 10. The van der Waals surface area contributed by atoms with Crippen LogP contribution in [0.15, 0.2) is 0 Å². The second kappa shape index (κ2) is 86.6. The number of ether oxygens (including phenoxy) is 3. The molecule has 0 rings (SSSR count). The third kappa shape index (κ3) is 76.6. The highest BCUT2D eigenvalue weighted by Gasteiger charge is 2.19. The van der Waals surface area contributed by atoms with Gasteiger partial charge in [0, 0.05) is 97.8 Å². The Morgan fingerprint density at radius 2 is 0.339 bits per heavy atom. The van der Waals surface area contributed by atoms with Crippen LogP contribution in [0.4, 0.5) is 14.4 Å². The fourth-order valence-corrected chi connectivity index (χ4v) is 14.7. The Bertz CT molecular complexity index is 1680. The standard InChI is InChI=1S/C93H183N7O9/c1-7-13-19-25-31-37-43-49-55-61-76-98(77-62-56-50-44-38-32-26-20-14-8-2)91(104)107-85-67-73-94-88(101)70-82-97(83-71-89(102)95-74-68-86-108-92(105)99(78-63-57-51-45-39-33-27-21-15-9-3)79-64-58-52-46-40-34-28-22-16-10-4)84-72-90(103)96-75-69-87-109-93(106)100(80-65-59-53-47-41-35-29-23-17-11-5)81-66-60-54-48-42-36-30-24-18-12-6/h7-87H2,1-6H3,(H,94,101)(H,95,102)(H,96,103). The molecule has 0 aliphatic heterocycles. The van der Waals surface area contributed by atoms with Gasteiger partial charge in [0.2, 0.25) is 17.7 Å². The summed E-state index contributed by atoms with van der Waals surface area (Å²) in [5, 5.41) is 9.06. The summed E-state index contributed by atoms with van der Waals surface area (Å²) in [7, 11) is 0. The minimum absolute atomic E-state index is 0.144. The summed E-state index contributed by atoms with van der Waals surface area (Å²) < 4.78 is 17.5. The summed E-state index contributed by atoms with van der Waals surface area (Å²) in [5.41, 5.74) is 0. The summed E-state index contributed by atoms with van der Waals surface area (Å²) in [6.45, 7) is 20.7. The SMILES string of the molecule is CCCCCCCCCCCCN(CCCCCCCCCCCC)C(=O)OCCCNC(=O)CCN(CCC(=O)NCCCOC(=O)N(CCCCCCCCCCCC)CCCCCCCCCCCC)CCC(=O)NCCCOC(=O)N(CCCCCCCCCCCC)CCCCCCCCCCCC. The Balaban J connectivity index is 5.69. The normalized spacial score (nSPS) is 11.4. The van der Waals surface area contributed by atoms with Crippen LogP contribution in [0, 0.1) is 0 Å². The maximum atomic E-state index is 13.5. The van der Waals surface area contributed by atoms with Crippen LogP contribution in [0.3, 0.4) is 0 Å². The third-order valence-electron chi connectivity index (χ3n) is 22.0. The molecule has 6 amide bonds. The van der Waals surface area contributed by atoms with Gasteiger partial charge in [0.15, 0.2) is 0 Å². The summed E-state index contributed by atoms with van der Waals surface area (Å²) in [4.78, 5) is 88.5. The van der Waals surface area contributed by atoms with Gasteiger partial charge in [0.25, 0.3) is 0 Å². The molecule has 3 N–H and O–H groups in total. The molecule has 0 saturated carbocycles. The number of unbranched alkanes of at least 4 members (excludes halogenated alkanes) is 54. The lowest BCUT2D eigenvalue weighted by Gasteiger charge is -2.23. The second-order valence-corrected chi connectivity index (χ2v) is 32.6. The number of nitrogens with one attached hydrogen (secondary N) is 3. The maximum Gasteiger partial charge on any atom is 0.409 e. The Hall–Kier alpha value is -3.82. The van der Waals surface area contributed by atoms with E-state index in [1.54, 1.807) is 0 Å². The van der Waals surface area contributed by atoms with E-state index in [9.17, 15) is 28.8 Å². The van der Waals surface area contributed by atoms with Crippen molar-refractivity contribution < 1.29 is 43.0 Å². The van der Waals surface area contributed by atoms with Crippen molar-refractivity contribution in [1.82, 2.24) is 35.6 Å². The zero-order valence-electron chi connectivity index (χ0n) is 73.2. The van der Waals surface area contributed by atoms with Crippen LogP contribution < -0.4 is 16.0 Å². The molecule has 0 radical (unpaired) electrons. The summed E-state index contributed by atoms with van der Waals surface area (Å²) in [6, 6.07) is 0. The van der Waals surface area contributed by atoms with Gasteiger partial charge in [-0.2, -0.15) is 0 Å². The van der Waals surface area contributed by atoms with Gasteiger partial charge in [-0.25, -0.2) is 14.4 Å². The van der Waals surface area contributed by atoms with Crippen molar-refractivity contribution in [1.29, 1.82) is 0 Å². The fourth-order valence-electron chi connectivity index (χ4n) is 14.7. The van der Waals surface area contributed by atoms with Crippen LogP contribution in [0.2, 0.25) is 0 Å². The molecule has 0 saturated heterocycles. The zero-order valence-corrected chi connectivity index (χ0v) is 73.2. The Morgan fingerprint density at radius 1 is 0.193 bits per heavy atom. The van der Waals surface area contributed by atoms with Crippen molar-refractivity contribution in [3.05, 3.63) is 0 Å². The topological polar surface area (TPSA) is 179 Å². The van der Waals surface area contributed by atoms with E-state index < -0.39 is 0 Å². The molecule has 0 heterocycles. The van der Waals surface area contributed by atoms with E-state index in [2.05, 4.69) is 57.5 Å². The summed E-state index contributed by atoms with van der Waals surface area (Å²) in [6.07, 6.45) is 76.1. The fraction of sp³-hybridized carbons (Fsp3) is 0.935. The van der Waals surface area contributed by atoms with Gasteiger partial charge in [-0.15, -0.1) is 0 Å². The summed E-state index contributed by atoms with van der Waals surface area (Å²) >= 11 is 0. The minimum atomic E-state index is -0.258. The van der Waals surface area contributed by atoms with E-state index in [-0.39, 0.29) is 75.1 Å². The lowest BCUT2D eigenvalue weighted by Crippen LogP contribution is -2.37. The Morgan fingerprint density at radius 3 is 0.495 bits per heavy atom. The number of nitrogens with zero attached hydrogens (tertiary/aromatic N) is 4. The van der Waals surface area contributed by atoms with Crippen LogP contribution in [0.1, 0.15) is 465 Å². The zero-order chi connectivity index (χ0) is 79.3. The van der Waals surface area contributed by atoms with Crippen molar-refractivity contribution in [3.63, 3.8) is 0 Å². The molecule has 0 atom stereocenters. The predicted molar refractivity (Wildman–Crippen MR) is 463 cm³/mol. The maximum absolute atomic E-state index is 13.5. The number of carbonyl (C=O) groups excluding carboxylic acids is 6. The first kappa shape index (κ1) is 105. The largest absolute Gasteiger partial charge is 0.449 e. The number of rotatable bonds is 87. The highest BCUT2D eigenvalue weighted by Crippen LogP contribution is 2.19. The van der Waals surface area contributed by atoms with E-state index in [1.165, 1.54) is 308 Å². The van der Waals surface area contributed by atoms with E-state index in [0.717, 1.165) is 77.0 Å². The molecule has 0 aliphatic carbocycles. The lowest BCUT2D eigenvalue weighted by atomic mass is 10.1. The molecule has 0 aromatic carbocycles. The van der Waals surface area contributed by atoms with Crippen LogP contribution in [-0.2, 0) is 28.6 Å². The van der Waals surface area contributed by atoms with Crippen LogP contribution >= 0.6 is 0 Å². The molecule has 0 aromatic heterocycles. The molecular weight excluding hydrogens is 1360 g/mol. The molecule has 16 nitrogen and oxygen atoms in total. The van der Waals surface area contributed by atoms with Gasteiger partial charge in [0.1, 0.15) is 0 Å². The second-order valence-electron chi connectivity index (χ2n) is 32.6. The molecular formula is C93H183N7O9. The van der Waals surface area contributed by atoms with E-state index in [4.69, 9.17) is 14.2 Å². The van der Waals surface area contributed by atoms with Crippen molar-refractivity contribution >= 4 is 36.0 Å². The van der Waals surface area contributed by atoms with Gasteiger partial charge in [-0.05, 0) is 57.8 Å². The van der Waals surface area contributed by atoms with Crippen molar-refractivity contribution in [2.75, 3.05) is 98.4 Å². The van der Waals surface area contributed by atoms with E-state index in [1.807, 2.05) is 19.6 Å². The average Bonchev–Trinajstić information content (AvgIpc) is 0.971. The molecule has 0 aromatic rings. The van der Waals surface area contributed by atoms with Gasteiger partial charge < -0.3 is 49.8 Å². The number of hydrogen-bond donors (Lipinski definition) is 3. The monoisotopic (exact) mass is 1540 g/mol. The van der Waals surface area contributed by atoms with Gasteiger partial charge in [-0.1, -0.05) is 388 Å². The van der Waals surface area contributed by atoms with E-state index in [0.29, 0.717) is 97.8 Å². The molecule has 0 fully saturated rings. The van der Waals surface area contributed by atoms with Gasteiger partial charge >= 0.3 is 18.3 Å². The predicted octanol–water partition coefficient (Wildman–Crippen LogP) is 25.8. The first-order chi connectivity index (χ1) is 53.6. The minimum Gasteiger partial charge on any atom is -0.449 e. The van der Waals surface area contributed by atoms with Crippen molar-refractivity contribution in [2.24, 2.45) is 0 Å². The Kier molecular flexibility index (Phi) is 83.5. The first-order valence-corrected chi connectivity index (χ1v) is 47.8. The highest BCUT2D eigenvalue weighted by atomic mass is 16.6. The quantitative estimate of drug-likeness (QED) is 0.0392. The van der Waals surface area contributed by atoms with Crippen LogP contribution in [0.25, 0.3) is 0 Å². The highest BCUT2D eigenvalue weighted by molar-refractivity contribution is 5.77. The van der Waals surface area contributed by atoms with Gasteiger partial charge in [0.05, 0.1) is 19.8 Å². The van der Waals surface area contributed by atoms with E-state index >= 15 is 0 Å². The molecule has 109 heavy (non-hydrogen) atoms.